The lowest BCUT2D eigenvalue weighted by Crippen LogP contribution is -1.96. The quantitative estimate of drug-likeness (QED) is 0.821. The second kappa shape index (κ2) is 3.57. The van der Waals surface area contributed by atoms with Crippen molar-refractivity contribution in [2.24, 2.45) is 0 Å². The number of pyridine rings is 1. The number of aromatic nitrogens is 1. The first-order chi connectivity index (χ1) is 5.24. The molecule has 0 spiro atoms. The van der Waals surface area contributed by atoms with Gasteiger partial charge in [-0.2, -0.15) is 0 Å². The van der Waals surface area contributed by atoms with Crippen molar-refractivity contribution in [1.82, 2.24) is 4.98 Å². The number of nitrogens with zero attached hydrogens (tertiary/aromatic N) is 1. The minimum atomic E-state index is 0.585. The summed E-state index contributed by atoms with van der Waals surface area (Å²) < 4.78 is 5.97. The van der Waals surface area contributed by atoms with E-state index >= 15 is 0 Å². The van der Waals surface area contributed by atoms with Crippen molar-refractivity contribution in [2.45, 2.75) is 6.92 Å². The first-order valence-electron chi connectivity index (χ1n) is 3.28. The summed E-state index contributed by atoms with van der Waals surface area (Å²) in [6, 6.07) is 1.76. The number of ether oxygens (including phenoxy) is 1. The second-order valence-corrected chi connectivity index (χ2v) is 2.84. The summed E-state index contributed by atoms with van der Waals surface area (Å²) >= 11 is 3.28. The van der Waals surface area contributed by atoms with Crippen molar-refractivity contribution in [3.63, 3.8) is 0 Å². The van der Waals surface area contributed by atoms with E-state index in [0.29, 0.717) is 18.2 Å². The van der Waals surface area contributed by atoms with Gasteiger partial charge in [0.25, 0.3) is 0 Å². The van der Waals surface area contributed by atoms with Crippen molar-refractivity contribution in [1.29, 1.82) is 0 Å². The molecule has 0 aliphatic heterocycles. The fourth-order valence-corrected chi connectivity index (χ4v) is 1.16. The number of nitrogens with two attached hydrogens (primary N) is 1. The Hall–Kier alpha value is -0.770. The zero-order chi connectivity index (χ0) is 8.27. The molecule has 11 heavy (non-hydrogen) atoms. The lowest BCUT2D eigenvalue weighted by molar-refractivity contribution is 0.324. The Balaban J connectivity index is 2.90. The molecule has 0 saturated carbocycles. The van der Waals surface area contributed by atoms with Gasteiger partial charge in [0, 0.05) is 0 Å². The maximum atomic E-state index is 5.48. The van der Waals surface area contributed by atoms with Crippen LogP contribution in [0.4, 0.5) is 5.69 Å². The molecule has 0 atom stereocenters. The van der Waals surface area contributed by atoms with E-state index < -0.39 is 0 Å². The number of anilines is 1. The maximum absolute atomic E-state index is 5.48. The Bertz CT molecular complexity index is 252. The molecule has 1 aromatic rings. The largest absolute Gasteiger partial charge is 0.477 e. The van der Waals surface area contributed by atoms with Crippen LogP contribution in [0.2, 0.25) is 0 Å². The Morgan fingerprint density at radius 3 is 3.00 bits per heavy atom. The van der Waals surface area contributed by atoms with Gasteiger partial charge in [-0.1, -0.05) is 0 Å². The fraction of sp³-hybridized carbons (Fsp3) is 0.286. The normalized spacial score (nSPS) is 9.64. The minimum absolute atomic E-state index is 0.585. The standard InChI is InChI=1S/C7H9BrN2O/c1-2-11-7-6(8)3-5(9)4-10-7/h3-4H,2,9H2,1H3. The van der Waals surface area contributed by atoms with Gasteiger partial charge in [0.1, 0.15) is 0 Å². The first-order valence-corrected chi connectivity index (χ1v) is 4.07. The smallest absolute Gasteiger partial charge is 0.228 e. The third-order valence-corrected chi connectivity index (χ3v) is 1.68. The maximum Gasteiger partial charge on any atom is 0.228 e. The van der Waals surface area contributed by atoms with Crippen LogP contribution >= 0.6 is 15.9 Å². The SMILES string of the molecule is CCOc1ncc(N)cc1Br. The summed E-state index contributed by atoms with van der Waals surface area (Å²) in [6.07, 6.45) is 1.57. The Morgan fingerprint density at radius 2 is 2.45 bits per heavy atom. The van der Waals surface area contributed by atoms with E-state index in [1.54, 1.807) is 12.3 Å². The van der Waals surface area contributed by atoms with Crippen LogP contribution in [0.15, 0.2) is 16.7 Å². The van der Waals surface area contributed by atoms with Crippen LogP contribution in [-0.2, 0) is 0 Å². The molecule has 0 radical (unpaired) electrons. The predicted octanol–water partition coefficient (Wildman–Crippen LogP) is 1.82. The van der Waals surface area contributed by atoms with Gasteiger partial charge in [-0.15, -0.1) is 0 Å². The Kier molecular flexibility index (Phi) is 2.70. The highest BCUT2D eigenvalue weighted by atomic mass is 79.9. The number of halogens is 1. The van der Waals surface area contributed by atoms with Crippen LogP contribution in [0.3, 0.4) is 0 Å². The van der Waals surface area contributed by atoms with Gasteiger partial charge in [0.05, 0.1) is 23.0 Å². The molecule has 0 unspecified atom stereocenters. The van der Waals surface area contributed by atoms with Crippen LogP contribution in [0.25, 0.3) is 0 Å². The molecule has 1 rings (SSSR count). The van der Waals surface area contributed by atoms with E-state index in [-0.39, 0.29) is 0 Å². The highest BCUT2D eigenvalue weighted by Gasteiger charge is 2.00. The molecule has 0 bridgehead atoms. The van der Waals surface area contributed by atoms with Crippen LogP contribution in [0.1, 0.15) is 6.92 Å². The molecule has 1 heterocycles. The fourth-order valence-electron chi connectivity index (χ4n) is 0.683. The van der Waals surface area contributed by atoms with Crippen molar-refractivity contribution in [3.8, 4) is 5.88 Å². The zero-order valence-electron chi connectivity index (χ0n) is 6.17. The molecule has 3 nitrogen and oxygen atoms in total. The summed E-state index contributed by atoms with van der Waals surface area (Å²) in [6.45, 7) is 2.51. The molecular formula is C7H9BrN2O. The van der Waals surface area contributed by atoms with E-state index in [4.69, 9.17) is 10.5 Å². The van der Waals surface area contributed by atoms with Crippen LogP contribution in [0.5, 0.6) is 5.88 Å². The van der Waals surface area contributed by atoms with Crippen LogP contribution < -0.4 is 10.5 Å². The van der Waals surface area contributed by atoms with Gasteiger partial charge < -0.3 is 10.5 Å². The highest BCUT2D eigenvalue weighted by molar-refractivity contribution is 9.10. The molecule has 0 aliphatic rings. The highest BCUT2D eigenvalue weighted by Crippen LogP contribution is 2.23. The average Bonchev–Trinajstić information content (AvgIpc) is 1.95. The summed E-state index contributed by atoms with van der Waals surface area (Å²) in [7, 11) is 0. The molecule has 0 fully saturated rings. The van der Waals surface area contributed by atoms with Crippen molar-refractivity contribution in [2.75, 3.05) is 12.3 Å². The number of hydrogen-bond donors (Lipinski definition) is 1. The molecule has 1 aromatic heterocycles. The molecule has 0 amide bonds. The van der Waals surface area contributed by atoms with Gasteiger partial charge in [0.15, 0.2) is 0 Å². The first kappa shape index (κ1) is 8.33. The van der Waals surface area contributed by atoms with Gasteiger partial charge in [-0.25, -0.2) is 4.98 Å². The third kappa shape index (κ3) is 2.08. The van der Waals surface area contributed by atoms with E-state index in [2.05, 4.69) is 20.9 Å². The molecule has 0 saturated heterocycles. The van der Waals surface area contributed by atoms with Gasteiger partial charge >= 0.3 is 0 Å². The monoisotopic (exact) mass is 216 g/mol. The third-order valence-electron chi connectivity index (χ3n) is 1.11. The second-order valence-electron chi connectivity index (χ2n) is 1.99. The summed E-state index contributed by atoms with van der Waals surface area (Å²) in [4.78, 5) is 3.97. The number of hydrogen-bond acceptors (Lipinski definition) is 3. The van der Waals surface area contributed by atoms with Gasteiger partial charge in [-0.3, -0.25) is 0 Å². The van der Waals surface area contributed by atoms with Crippen molar-refractivity contribution in [3.05, 3.63) is 16.7 Å². The van der Waals surface area contributed by atoms with E-state index in [1.807, 2.05) is 6.92 Å². The van der Waals surface area contributed by atoms with Crippen LogP contribution in [0, 0.1) is 0 Å². The molecule has 60 valence electrons. The lowest BCUT2D eigenvalue weighted by atomic mass is 10.4. The van der Waals surface area contributed by atoms with E-state index in [1.165, 1.54) is 0 Å². The van der Waals surface area contributed by atoms with Crippen LogP contribution in [-0.4, -0.2) is 11.6 Å². The summed E-state index contributed by atoms with van der Waals surface area (Å²) in [5.41, 5.74) is 6.10. The van der Waals surface area contributed by atoms with E-state index in [9.17, 15) is 0 Å². The van der Waals surface area contributed by atoms with Gasteiger partial charge in [0.2, 0.25) is 5.88 Å². The molecule has 4 heteroatoms. The van der Waals surface area contributed by atoms with Gasteiger partial charge in [-0.05, 0) is 28.9 Å². The molecule has 0 aliphatic carbocycles. The summed E-state index contributed by atoms with van der Waals surface area (Å²) in [5.74, 6) is 0.585. The summed E-state index contributed by atoms with van der Waals surface area (Å²) in [5, 5.41) is 0. The predicted molar refractivity (Wildman–Crippen MR) is 47.5 cm³/mol. The Morgan fingerprint density at radius 1 is 1.73 bits per heavy atom. The zero-order valence-corrected chi connectivity index (χ0v) is 7.76. The average molecular weight is 217 g/mol. The number of nitrogen functional groups attached to an aromatic ring is 1. The molecular weight excluding hydrogens is 208 g/mol. The lowest BCUT2D eigenvalue weighted by Gasteiger charge is -2.03. The van der Waals surface area contributed by atoms with E-state index in [0.717, 1.165) is 4.47 Å². The van der Waals surface area contributed by atoms with Crippen molar-refractivity contribution < 1.29 is 4.74 Å². The number of rotatable bonds is 2. The topological polar surface area (TPSA) is 48.1 Å². The molecule has 0 aromatic carbocycles. The molecule has 2 N–H and O–H groups in total. The Labute approximate surface area is 73.7 Å². The van der Waals surface area contributed by atoms with Crippen molar-refractivity contribution >= 4 is 21.6 Å². The minimum Gasteiger partial charge on any atom is -0.477 e.